The number of nitrogens with one attached hydrogen (secondary N) is 1. The first-order valence-electron chi connectivity index (χ1n) is 7.85. The van der Waals surface area contributed by atoms with Crippen LogP contribution in [0.25, 0.3) is 10.8 Å². The van der Waals surface area contributed by atoms with Gasteiger partial charge in [0.1, 0.15) is 0 Å². The Morgan fingerprint density at radius 1 is 1.12 bits per heavy atom. The van der Waals surface area contributed by atoms with Crippen molar-refractivity contribution in [2.45, 2.75) is 13.0 Å². The van der Waals surface area contributed by atoms with Crippen molar-refractivity contribution in [3.05, 3.63) is 70.7 Å². The smallest absolute Gasteiger partial charge is 0.251 e. The molecule has 4 nitrogen and oxygen atoms in total. The topological polar surface area (TPSA) is 58.6 Å². The quantitative estimate of drug-likeness (QED) is 0.713. The molecule has 0 aromatic heterocycles. The van der Waals surface area contributed by atoms with E-state index in [1.54, 1.807) is 0 Å². The van der Waals surface area contributed by atoms with Crippen LogP contribution in [0, 0.1) is 0 Å². The lowest BCUT2D eigenvalue weighted by Gasteiger charge is -2.16. The lowest BCUT2D eigenvalue weighted by Crippen LogP contribution is -2.26. The number of phenolic OH excluding ortho intramolecular Hbond substituents is 1. The van der Waals surface area contributed by atoms with Gasteiger partial charge in [0.05, 0.1) is 18.2 Å². The van der Waals surface area contributed by atoms with Crippen LogP contribution in [0.2, 0.25) is 5.02 Å². The zero-order chi connectivity index (χ0) is 18.0. The number of aromatic hydroxyl groups is 1. The molecule has 0 spiro atoms. The van der Waals surface area contributed by atoms with Crippen molar-refractivity contribution in [2.75, 3.05) is 7.11 Å². The number of rotatable bonds is 4. The molecule has 0 fully saturated rings. The fourth-order valence-corrected chi connectivity index (χ4v) is 2.91. The van der Waals surface area contributed by atoms with Gasteiger partial charge in [0.25, 0.3) is 5.91 Å². The number of halogens is 1. The summed E-state index contributed by atoms with van der Waals surface area (Å²) in [5.74, 6) is -0.305. The predicted molar refractivity (Wildman–Crippen MR) is 99.5 cm³/mol. The van der Waals surface area contributed by atoms with E-state index in [0.29, 0.717) is 5.56 Å². The van der Waals surface area contributed by atoms with Gasteiger partial charge < -0.3 is 15.2 Å². The van der Waals surface area contributed by atoms with E-state index in [9.17, 15) is 9.90 Å². The molecule has 3 aromatic rings. The molecule has 0 saturated heterocycles. The molecule has 0 aliphatic rings. The molecule has 128 valence electrons. The second kappa shape index (κ2) is 7.03. The van der Waals surface area contributed by atoms with Crippen molar-refractivity contribution < 1.29 is 14.6 Å². The molecule has 25 heavy (non-hydrogen) atoms. The van der Waals surface area contributed by atoms with E-state index >= 15 is 0 Å². The number of carbonyl (C=O) groups is 1. The largest absolute Gasteiger partial charge is 0.503 e. The van der Waals surface area contributed by atoms with Crippen LogP contribution in [-0.2, 0) is 0 Å². The van der Waals surface area contributed by atoms with Gasteiger partial charge >= 0.3 is 0 Å². The zero-order valence-electron chi connectivity index (χ0n) is 13.9. The summed E-state index contributed by atoms with van der Waals surface area (Å²) >= 11 is 5.95. The number of phenols is 1. The number of hydrogen-bond acceptors (Lipinski definition) is 3. The molecule has 1 atom stereocenters. The Hall–Kier alpha value is -2.72. The number of fused-ring (bicyclic) bond motifs is 1. The van der Waals surface area contributed by atoms with E-state index in [-0.39, 0.29) is 28.5 Å². The molecule has 0 heterocycles. The summed E-state index contributed by atoms with van der Waals surface area (Å²) in [4.78, 5) is 12.5. The molecule has 3 rings (SSSR count). The highest BCUT2D eigenvalue weighted by Crippen LogP contribution is 2.35. The Morgan fingerprint density at radius 2 is 1.84 bits per heavy atom. The summed E-state index contributed by atoms with van der Waals surface area (Å²) in [6.45, 7) is 1.92. The van der Waals surface area contributed by atoms with Gasteiger partial charge in [-0.2, -0.15) is 0 Å². The summed E-state index contributed by atoms with van der Waals surface area (Å²) in [6.07, 6.45) is 0. The third kappa shape index (κ3) is 3.54. The van der Waals surface area contributed by atoms with Gasteiger partial charge in [-0.05, 0) is 41.5 Å². The third-order valence-electron chi connectivity index (χ3n) is 4.13. The minimum Gasteiger partial charge on any atom is -0.503 e. The normalized spacial score (nSPS) is 12.0. The standard InChI is InChI=1S/C20H18ClNO3/c1-12(14-8-7-13-5-3-4-6-15(13)9-14)22-20(24)16-10-17(21)19(23)18(11-16)25-2/h3-12,23H,1-2H3,(H,22,24)/t12-/m0/s1. The highest BCUT2D eigenvalue weighted by molar-refractivity contribution is 6.32. The average molecular weight is 356 g/mol. The maximum absolute atomic E-state index is 12.5. The second-order valence-corrected chi connectivity index (χ2v) is 6.22. The Morgan fingerprint density at radius 3 is 2.56 bits per heavy atom. The summed E-state index contributed by atoms with van der Waals surface area (Å²) < 4.78 is 5.04. The SMILES string of the molecule is COc1cc(C(=O)N[C@@H](C)c2ccc3ccccc3c2)cc(Cl)c1O. The zero-order valence-corrected chi connectivity index (χ0v) is 14.7. The van der Waals surface area contributed by atoms with E-state index in [0.717, 1.165) is 16.3 Å². The first kappa shape index (κ1) is 17.1. The number of carbonyl (C=O) groups excluding carboxylic acids is 1. The van der Waals surface area contributed by atoms with Crippen LogP contribution < -0.4 is 10.1 Å². The predicted octanol–water partition coefficient (Wildman–Crippen LogP) is 4.70. The number of benzene rings is 3. The van der Waals surface area contributed by atoms with Crippen molar-refractivity contribution in [1.82, 2.24) is 5.32 Å². The molecule has 0 radical (unpaired) electrons. The van der Waals surface area contributed by atoms with Gasteiger partial charge in [-0.3, -0.25) is 4.79 Å². The number of hydrogen-bond donors (Lipinski definition) is 2. The number of methoxy groups -OCH3 is 1. The van der Waals surface area contributed by atoms with Gasteiger partial charge in [-0.1, -0.05) is 48.0 Å². The second-order valence-electron chi connectivity index (χ2n) is 5.81. The van der Waals surface area contributed by atoms with Crippen molar-refractivity contribution in [3.63, 3.8) is 0 Å². The van der Waals surface area contributed by atoms with Gasteiger partial charge in [-0.15, -0.1) is 0 Å². The minimum absolute atomic E-state index is 0.0721. The lowest BCUT2D eigenvalue weighted by molar-refractivity contribution is 0.0939. The van der Waals surface area contributed by atoms with Gasteiger partial charge in [-0.25, -0.2) is 0 Å². The Labute approximate surface area is 151 Å². The summed E-state index contributed by atoms with van der Waals surface area (Å²) in [5, 5.41) is 15.1. The maximum Gasteiger partial charge on any atom is 0.251 e. The lowest BCUT2D eigenvalue weighted by atomic mass is 10.0. The monoisotopic (exact) mass is 355 g/mol. The maximum atomic E-state index is 12.5. The van der Waals surface area contributed by atoms with Crippen LogP contribution in [0.5, 0.6) is 11.5 Å². The number of ether oxygens (including phenoxy) is 1. The minimum atomic E-state index is -0.291. The van der Waals surface area contributed by atoms with E-state index in [1.807, 2.05) is 43.3 Å². The fraction of sp³-hybridized carbons (Fsp3) is 0.150. The van der Waals surface area contributed by atoms with E-state index < -0.39 is 0 Å². The Balaban J connectivity index is 1.83. The van der Waals surface area contributed by atoms with E-state index in [4.69, 9.17) is 16.3 Å². The summed E-state index contributed by atoms with van der Waals surface area (Å²) in [7, 11) is 1.41. The molecule has 0 bridgehead atoms. The summed E-state index contributed by atoms with van der Waals surface area (Å²) in [5.41, 5.74) is 1.33. The van der Waals surface area contributed by atoms with E-state index in [1.165, 1.54) is 19.2 Å². The highest BCUT2D eigenvalue weighted by Gasteiger charge is 2.16. The summed E-state index contributed by atoms with van der Waals surface area (Å²) in [6, 6.07) is 16.9. The van der Waals surface area contributed by atoms with Crippen LogP contribution in [0.15, 0.2) is 54.6 Å². The average Bonchev–Trinajstić information content (AvgIpc) is 2.63. The van der Waals surface area contributed by atoms with Crippen LogP contribution in [0.3, 0.4) is 0 Å². The fourth-order valence-electron chi connectivity index (χ4n) is 2.70. The Kier molecular flexibility index (Phi) is 4.81. The van der Waals surface area contributed by atoms with Crippen LogP contribution in [0.4, 0.5) is 0 Å². The molecule has 3 aromatic carbocycles. The van der Waals surface area contributed by atoms with Gasteiger partial charge in [0.2, 0.25) is 0 Å². The Bertz CT molecular complexity index is 939. The van der Waals surface area contributed by atoms with Gasteiger partial charge in [0, 0.05) is 5.56 Å². The first-order valence-corrected chi connectivity index (χ1v) is 8.23. The molecule has 2 N–H and O–H groups in total. The van der Waals surface area contributed by atoms with Crippen molar-refractivity contribution in [2.24, 2.45) is 0 Å². The number of amides is 1. The third-order valence-corrected chi connectivity index (χ3v) is 4.42. The highest BCUT2D eigenvalue weighted by atomic mass is 35.5. The van der Waals surface area contributed by atoms with Crippen molar-refractivity contribution in [3.8, 4) is 11.5 Å². The van der Waals surface area contributed by atoms with Crippen LogP contribution in [0.1, 0.15) is 28.9 Å². The molecular formula is C20H18ClNO3. The van der Waals surface area contributed by atoms with E-state index in [2.05, 4.69) is 11.4 Å². The molecule has 0 unspecified atom stereocenters. The molecular weight excluding hydrogens is 338 g/mol. The molecule has 0 aliphatic carbocycles. The molecule has 0 aliphatic heterocycles. The molecule has 1 amide bonds. The van der Waals surface area contributed by atoms with Crippen LogP contribution >= 0.6 is 11.6 Å². The van der Waals surface area contributed by atoms with Crippen molar-refractivity contribution >= 4 is 28.3 Å². The molecule has 0 saturated carbocycles. The molecule has 5 heteroatoms. The van der Waals surface area contributed by atoms with Crippen molar-refractivity contribution in [1.29, 1.82) is 0 Å². The first-order chi connectivity index (χ1) is 12.0. The van der Waals surface area contributed by atoms with Gasteiger partial charge in [0.15, 0.2) is 11.5 Å². The van der Waals surface area contributed by atoms with Crippen LogP contribution in [-0.4, -0.2) is 18.1 Å².